The number of aliphatic imine (C=N–C) groups is 1. The number of thioether (sulfide) groups is 1. The molecule has 210 valence electrons. The Morgan fingerprint density at radius 2 is 1.70 bits per heavy atom. The number of Topliss-reactive ketones (excluding diaryl/α,β-unsaturated/α-hetero) is 1. The summed E-state index contributed by atoms with van der Waals surface area (Å²) in [5.74, 6) is 1.51. The summed E-state index contributed by atoms with van der Waals surface area (Å²) in [5, 5.41) is 13.3. The van der Waals surface area contributed by atoms with Crippen molar-refractivity contribution in [3.63, 3.8) is 0 Å². The smallest absolute Gasteiger partial charge is 0.255 e. The van der Waals surface area contributed by atoms with Crippen LogP contribution in [-0.4, -0.2) is 34.1 Å². The van der Waals surface area contributed by atoms with E-state index in [0.29, 0.717) is 40.2 Å². The molecule has 1 aliphatic heterocycles. The van der Waals surface area contributed by atoms with Crippen molar-refractivity contribution in [1.29, 1.82) is 0 Å². The third-order valence-electron chi connectivity index (χ3n) is 7.25. The molecule has 6 N–H and O–H groups in total. The highest BCUT2D eigenvalue weighted by atomic mass is 32.2. The second-order valence-electron chi connectivity index (χ2n) is 10.4. The SMILES string of the molecule is Cc1c(C)c2c(c(C)c1O)C(=O)CC(C)(CCCCSc1ccc(NC(=O)c3ccc(N=C(N)N)cc3)cc1)O2. The number of benzene rings is 3. The van der Waals surface area contributed by atoms with Gasteiger partial charge in [-0.15, -0.1) is 11.8 Å². The fourth-order valence-electron chi connectivity index (χ4n) is 4.88. The van der Waals surface area contributed by atoms with E-state index in [2.05, 4.69) is 10.3 Å². The molecule has 0 radical (unpaired) electrons. The largest absolute Gasteiger partial charge is 0.507 e. The number of aromatic hydroxyl groups is 1. The van der Waals surface area contributed by atoms with Crippen LogP contribution in [0, 0.1) is 20.8 Å². The van der Waals surface area contributed by atoms with Gasteiger partial charge in [-0.05, 0) is 112 Å². The van der Waals surface area contributed by atoms with Gasteiger partial charge in [0.15, 0.2) is 11.7 Å². The molecule has 0 saturated heterocycles. The van der Waals surface area contributed by atoms with Gasteiger partial charge in [-0.3, -0.25) is 9.59 Å². The zero-order chi connectivity index (χ0) is 29.0. The highest BCUT2D eigenvalue weighted by Crippen LogP contribution is 2.44. The Morgan fingerprint density at radius 3 is 2.35 bits per heavy atom. The number of rotatable bonds is 9. The summed E-state index contributed by atoms with van der Waals surface area (Å²) in [6.07, 6.45) is 2.99. The van der Waals surface area contributed by atoms with Crippen molar-refractivity contribution < 1.29 is 19.4 Å². The molecule has 1 atom stereocenters. The number of guanidine groups is 1. The van der Waals surface area contributed by atoms with Gasteiger partial charge in [0.05, 0.1) is 17.7 Å². The summed E-state index contributed by atoms with van der Waals surface area (Å²) >= 11 is 1.75. The maximum atomic E-state index is 13.0. The van der Waals surface area contributed by atoms with Crippen LogP contribution in [0.3, 0.4) is 0 Å². The second kappa shape index (κ2) is 12.0. The second-order valence-corrected chi connectivity index (χ2v) is 11.6. The summed E-state index contributed by atoms with van der Waals surface area (Å²) in [6, 6.07) is 14.5. The van der Waals surface area contributed by atoms with E-state index >= 15 is 0 Å². The number of ether oxygens (including phenoxy) is 1. The van der Waals surface area contributed by atoms with Crippen molar-refractivity contribution in [1.82, 2.24) is 0 Å². The van der Waals surface area contributed by atoms with Crippen LogP contribution >= 0.6 is 11.8 Å². The number of nitrogens with one attached hydrogen (secondary N) is 1. The Hall–Kier alpha value is -3.98. The molecule has 3 aromatic rings. The van der Waals surface area contributed by atoms with E-state index < -0.39 is 5.60 Å². The lowest BCUT2D eigenvalue weighted by Crippen LogP contribution is -2.40. The number of fused-ring (bicyclic) bond motifs is 1. The molecule has 0 aliphatic carbocycles. The van der Waals surface area contributed by atoms with Crippen molar-refractivity contribution in [3.05, 3.63) is 76.3 Å². The lowest BCUT2D eigenvalue weighted by molar-refractivity contribution is 0.0447. The standard InChI is InChI=1S/C31H36N4O4S/c1-18-19(2)28-26(20(3)27(18)37)25(36)17-31(4,39-28)15-5-6-16-40-24-13-11-22(12-14-24)34-29(38)21-7-9-23(10-8-21)35-30(32)33/h7-14,37H,5-6,15-17H2,1-4H3,(H,34,38)(H4,32,33,35). The molecule has 0 aromatic heterocycles. The van der Waals surface area contributed by atoms with Gasteiger partial charge in [0.25, 0.3) is 5.91 Å². The van der Waals surface area contributed by atoms with E-state index in [9.17, 15) is 14.7 Å². The number of ketones is 1. The number of nitrogens with two attached hydrogens (primary N) is 2. The van der Waals surface area contributed by atoms with Gasteiger partial charge in [-0.2, -0.15) is 0 Å². The molecule has 8 nitrogen and oxygen atoms in total. The Morgan fingerprint density at radius 1 is 1.02 bits per heavy atom. The van der Waals surface area contributed by atoms with Crippen molar-refractivity contribution >= 4 is 40.8 Å². The summed E-state index contributed by atoms with van der Waals surface area (Å²) in [4.78, 5) is 30.6. The van der Waals surface area contributed by atoms with Gasteiger partial charge in [0.1, 0.15) is 17.1 Å². The van der Waals surface area contributed by atoms with Crippen LogP contribution in [0.2, 0.25) is 0 Å². The van der Waals surface area contributed by atoms with Crippen LogP contribution in [0.25, 0.3) is 0 Å². The molecule has 1 aliphatic rings. The molecule has 0 fully saturated rings. The maximum Gasteiger partial charge on any atom is 0.255 e. The predicted octanol–water partition coefficient (Wildman–Crippen LogP) is 6.16. The van der Waals surface area contributed by atoms with Gasteiger partial charge in [-0.1, -0.05) is 0 Å². The first-order valence-corrected chi connectivity index (χ1v) is 14.2. The lowest BCUT2D eigenvalue weighted by Gasteiger charge is -2.37. The van der Waals surface area contributed by atoms with E-state index in [0.717, 1.165) is 41.0 Å². The highest BCUT2D eigenvalue weighted by molar-refractivity contribution is 7.99. The molecule has 0 saturated carbocycles. The predicted molar refractivity (Wildman–Crippen MR) is 161 cm³/mol. The Bertz CT molecular complexity index is 1450. The number of amides is 1. The minimum Gasteiger partial charge on any atom is -0.507 e. The summed E-state index contributed by atoms with van der Waals surface area (Å²) in [7, 11) is 0. The maximum absolute atomic E-state index is 13.0. The molecular formula is C31H36N4O4S. The minimum absolute atomic E-state index is 0.0316. The van der Waals surface area contributed by atoms with Crippen LogP contribution in [0.1, 0.15) is 70.0 Å². The molecule has 3 aromatic carbocycles. The van der Waals surface area contributed by atoms with Crippen LogP contribution < -0.4 is 21.5 Å². The molecule has 1 amide bonds. The lowest BCUT2D eigenvalue weighted by atomic mass is 9.84. The zero-order valence-corrected chi connectivity index (χ0v) is 24.2. The molecule has 1 heterocycles. The molecule has 40 heavy (non-hydrogen) atoms. The average Bonchev–Trinajstić information content (AvgIpc) is 2.91. The third-order valence-corrected chi connectivity index (χ3v) is 8.34. The van der Waals surface area contributed by atoms with Gasteiger partial charge in [0.2, 0.25) is 0 Å². The molecular weight excluding hydrogens is 524 g/mol. The molecule has 4 rings (SSSR count). The number of anilines is 1. The Labute approximate surface area is 239 Å². The number of nitrogens with zero attached hydrogens (tertiary/aromatic N) is 1. The van der Waals surface area contributed by atoms with Gasteiger partial charge >= 0.3 is 0 Å². The van der Waals surface area contributed by atoms with Crippen molar-refractivity contribution in [2.75, 3.05) is 11.1 Å². The van der Waals surface area contributed by atoms with Crippen LogP contribution in [0.5, 0.6) is 11.5 Å². The third kappa shape index (κ3) is 6.59. The summed E-state index contributed by atoms with van der Waals surface area (Å²) in [6.45, 7) is 7.53. The number of unbranched alkanes of at least 4 members (excludes halogenated alkanes) is 1. The fourth-order valence-corrected chi connectivity index (χ4v) is 5.80. The fraction of sp³-hybridized carbons (Fsp3) is 0.323. The van der Waals surface area contributed by atoms with E-state index in [1.807, 2.05) is 45.0 Å². The van der Waals surface area contributed by atoms with Gasteiger partial charge in [-0.25, -0.2) is 4.99 Å². The van der Waals surface area contributed by atoms with E-state index in [4.69, 9.17) is 16.2 Å². The molecule has 1 unspecified atom stereocenters. The van der Waals surface area contributed by atoms with Gasteiger partial charge in [0, 0.05) is 21.7 Å². The molecule has 9 heteroatoms. The molecule has 0 spiro atoms. The minimum atomic E-state index is -0.555. The topological polar surface area (TPSA) is 140 Å². The number of carbonyl (C=O) groups is 2. The average molecular weight is 561 g/mol. The first kappa shape index (κ1) is 29.0. The Balaban J connectivity index is 1.25. The quantitative estimate of drug-likeness (QED) is 0.106. The van der Waals surface area contributed by atoms with Gasteiger partial charge < -0.3 is 26.6 Å². The first-order valence-electron chi connectivity index (χ1n) is 13.3. The Kier molecular flexibility index (Phi) is 8.73. The van der Waals surface area contributed by atoms with Crippen molar-refractivity contribution in [2.45, 2.75) is 63.9 Å². The van der Waals surface area contributed by atoms with Crippen molar-refractivity contribution in [2.24, 2.45) is 16.5 Å². The highest BCUT2D eigenvalue weighted by Gasteiger charge is 2.39. The van der Waals surface area contributed by atoms with Crippen LogP contribution in [0.4, 0.5) is 11.4 Å². The van der Waals surface area contributed by atoms with Crippen LogP contribution in [0.15, 0.2) is 58.4 Å². The molecule has 0 bridgehead atoms. The number of phenols is 1. The van der Waals surface area contributed by atoms with Crippen molar-refractivity contribution in [3.8, 4) is 11.5 Å². The number of hydrogen-bond donors (Lipinski definition) is 4. The van der Waals surface area contributed by atoms with E-state index in [1.165, 1.54) is 0 Å². The van der Waals surface area contributed by atoms with Crippen LogP contribution in [-0.2, 0) is 0 Å². The van der Waals surface area contributed by atoms with E-state index in [1.54, 1.807) is 43.0 Å². The monoisotopic (exact) mass is 560 g/mol. The van der Waals surface area contributed by atoms with E-state index in [-0.39, 0.29) is 23.4 Å². The first-order chi connectivity index (χ1) is 19.0. The summed E-state index contributed by atoms with van der Waals surface area (Å²) < 4.78 is 6.41. The zero-order valence-electron chi connectivity index (χ0n) is 23.3. The normalized spacial score (nSPS) is 16.1. The number of hydrogen-bond acceptors (Lipinski definition) is 6. The summed E-state index contributed by atoms with van der Waals surface area (Å²) in [5.41, 5.74) is 14.7. The number of phenolic OH excluding ortho intramolecular Hbond substituents is 1. The number of carbonyl (C=O) groups excluding carboxylic acids is 2.